The van der Waals surface area contributed by atoms with E-state index in [2.05, 4.69) is 40.2 Å². The molecule has 11 heteroatoms. The maximum atomic E-state index is 12.6. The average molecular weight is 647 g/mol. The molecule has 0 fully saturated rings. The molecule has 0 aliphatic carbocycles. The number of pyridine rings is 1. The lowest BCUT2D eigenvalue weighted by Gasteiger charge is -2.23. The molecule has 0 radical (unpaired) electrons. The maximum Gasteiger partial charge on any atom is 0.413 e. The van der Waals surface area contributed by atoms with E-state index >= 15 is 0 Å². The van der Waals surface area contributed by atoms with Gasteiger partial charge in [-0.1, -0.05) is 48.5 Å². The predicted molar refractivity (Wildman–Crippen MR) is 153 cm³/mol. The zero-order valence-electron chi connectivity index (χ0n) is 21.9. The van der Waals surface area contributed by atoms with Gasteiger partial charge < -0.3 is 29.2 Å². The van der Waals surface area contributed by atoms with Crippen molar-refractivity contribution in [1.29, 1.82) is 0 Å². The van der Waals surface area contributed by atoms with Gasteiger partial charge in [-0.2, -0.15) is 4.98 Å². The van der Waals surface area contributed by atoms with Gasteiger partial charge in [0.05, 0.1) is 36.2 Å². The molecule has 206 valence electrons. The smallest absolute Gasteiger partial charge is 0.413 e. The number of amides is 2. The van der Waals surface area contributed by atoms with E-state index in [1.807, 2.05) is 30.3 Å². The van der Waals surface area contributed by atoms with Gasteiger partial charge in [-0.05, 0) is 35.2 Å². The summed E-state index contributed by atoms with van der Waals surface area (Å²) >= 11 is 1.43. The Morgan fingerprint density at radius 2 is 1.74 bits per heavy atom. The summed E-state index contributed by atoms with van der Waals surface area (Å²) in [6.45, 7) is 3.66. The van der Waals surface area contributed by atoms with Crippen molar-refractivity contribution in [2.45, 2.75) is 27.0 Å². The molecule has 0 aliphatic heterocycles. The fourth-order valence-corrected chi connectivity index (χ4v) is 3.90. The molecule has 1 heterocycles. The topological polar surface area (TPSA) is 116 Å². The Morgan fingerprint density at radius 3 is 2.44 bits per heavy atom. The molecule has 0 saturated heterocycles. The second-order valence-electron chi connectivity index (χ2n) is 8.38. The monoisotopic (exact) mass is 647 g/mol. The largest absolute Gasteiger partial charge is 0.481 e. The first-order chi connectivity index (χ1) is 18.8. The Labute approximate surface area is 240 Å². The predicted octanol–water partition coefficient (Wildman–Crippen LogP) is 5.25. The van der Waals surface area contributed by atoms with Crippen LogP contribution in [0, 0.1) is 6.92 Å². The first kappa shape index (κ1) is 29.7. The molecule has 0 unspecified atom stereocenters. The lowest BCUT2D eigenvalue weighted by molar-refractivity contribution is -0.119. The van der Waals surface area contributed by atoms with E-state index < -0.39 is 16.9 Å². The van der Waals surface area contributed by atoms with Crippen molar-refractivity contribution in [3.05, 3.63) is 77.4 Å². The van der Waals surface area contributed by atoms with E-state index in [1.165, 1.54) is 41.5 Å². The van der Waals surface area contributed by atoms with Crippen LogP contribution in [0.1, 0.15) is 23.6 Å². The second kappa shape index (κ2) is 14.9. The highest BCUT2D eigenvalue weighted by Crippen LogP contribution is 2.27. The van der Waals surface area contributed by atoms with Gasteiger partial charge in [0.2, 0.25) is 24.5 Å². The molecular formula is C28H30IN3O7. The minimum Gasteiger partial charge on any atom is -0.481 e. The molecule has 0 saturated carbocycles. The third-order valence-electron chi connectivity index (χ3n) is 5.74. The second-order valence-corrected chi connectivity index (χ2v) is 9.26. The molecule has 1 aromatic heterocycles. The lowest BCUT2D eigenvalue weighted by atomic mass is 9.97. The fourth-order valence-electron chi connectivity index (χ4n) is 3.78. The summed E-state index contributed by atoms with van der Waals surface area (Å²) < 4.78 is 20.5. The number of hydrogen-bond acceptors (Lipinski definition) is 8. The van der Waals surface area contributed by atoms with Crippen molar-refractivity contribution in [3.8, 4) is 22.9 Å². The molecule has 1 N–H and O–H groups in total. The van der Waals surface area contributed by atoms with Crippen LogP contribution in [-0.4, -0.2) is 52.9 Å². The lowest BCUT2D eigenvalue weighted by Crippen LogP contribution is -2.38. The van der Waals surface area contributed by atoms with Gasteiger partial charge in [-0.3, -0.25) is 4.79 Å². The fraction of sp³-hybridized carbons (Fsp3) is 0.286. The Balaban J connectivity index is 1.71. The van der Waals surface area contributed by atoms with E-state index in [0.29, 0.717) is 18.1 Å². The van der Waals surface area contributed by atoms with Gasteiger partial charge in [-0.25, -0.2) is 9.59 Å². The molecule has 0 bridgehead atoms. The third-order valence-corrected chi connectivity index (χ3v) is 6.05. The minimum atomic E-state index is -0.728. The first-order valence-electron chi connectivity index (χ1n) is 12.1. The molecule has 3 rings (SSSR count). The summed E-state index contributed by atoms with van der Waals surface area (Å²) in [4.78, 5) is 40.6. The van der Waals surface area contributed by atoms with Gasteiger partial charge >= 0.3 is 10.1 Å². The van der Waals surface area contributed by atoms with Crippen molar-refractivity contribution in [3.63, 3.8) is 0 Å². The number of halogens is 1. The number of aromatic nitrogens is 1. The molecule has 0 atom stereocenters. The highest BCUT2D eigenvalue weighted by atomic mass is 127. The normalized spacial score (nSPS) is 10.4. The number of hydrogen-bond donors (Lipinski definition) is 1. The van der Waals surface area contributed by atoms with Gasteiger partial charge in [0.15, 0.2) is 0 Å². The van der Waals surface area contributed by atoms with Crippen LogP contribution in [0.4, 0.5) is 9.59 Å². The standard InChI is InChI=1S/C28H30IN3O7/c1-19-23(10-7-11-24(19)21-8-5-4-6-9-21)17-37-25-13-12-22(26(31-25)36-3)16-32(15-14-30-20(2)33)28(35)39-18-38-27(29)34/h4-13H,14-18H2,1-3H3,(H,30,33). The zero-order valence-corrected chi connectivity index (χ0v) is 24.1. The highest BCUT2D eigenvalue weighted by molar-refractivity contribution is 14.1. The summed E-state index contributed by atoms with van der Waals surface area (Å²) in [6.07, 6.45) is -0.728. The number of methoxy groups -OCH3 is 1. The summed E-state index contributed by atoms with van der Waals surface area (Å²) in [7, 11) is 1.48. The van der Waals surface area contributed by atoms with Crippen molar-refractivity contribution in [2.24, 2.45) is 0 Å². The van der Waals surface area contributed by atoms with Gasteiger partial charge in [0.1, 0.15) is 6.61 Å². The molecular weight excluding hydrogens is 617 g/mol. The van der Waals surface area contributed by atoms with E-state index in [0.717, 1.165) is 22.3 Å². The Morgan fingerprint density at radius 1 is 0.974 bits per heavy atom. The number of carbonyl (C=O) groups is 3. The van der Waals surface area contributed by atoms with E-state index in [1.54, 1.807) is 12.1 Å². The van der Waals surface area contributed by atoms with E-state index in [9.17, 15) is 14.4 Å². The number of nitrogens with one attached hydrogen (secondary N) is 1. The van der Waals surface area contributed by atoms with Crippen LogP contribution < -0.4 is 14.8 Å². The Hall–Kier alpha value is -3.87. The van der Waals surface area contributed by atoms with Crippen LogP contribution in [-0.2, 0) is 27.4 Å². The minimum absolute atomic E-state index is 0.0747. The highest BCUT2D eigenvalue weighted by Gasteiger charge is 2.19. The molecule has 39 heavy (non-hydrogen) atoms. The molecule has 10 nitrogen and oxygen atoms in total. The number of benzene rings is 2. The third kappa shape index (κ3) is 9.13. The van der Waals surface area contributed by atoms with Crippen LogP contribution in [0.25, 0.3) is 11.1 Å². The number of ether oxygens (including phenoxy) is 4. The number of rotatable bonds is 12. The van der Waals surface area contributed by atoms with Crippen LogP contribution in [0.5, 0.6) is 11.8 Å². The molecule has 0 aliphatic rings. The van der Waals surface area contributed by atoms with Crippen molar-refractivity contribution >= 4 is 38.6 Å². The van der Waals surface area contributed by atoms with Crippen LogP contribution >= 0.6 is 22.6 Å². The average Bonchev–Trinajstić information content (AvgIpc) is 2.92. The quantitative estimate of drug-likeness (QED) is 0.161. The number of carbonyl (C=O) groups excluding carboxylic acids is 3. The van der Waals surface area contributed by atoms with Gasteiger partial charge in [-0.15, -0.1) is 0 Å². The Bertz CT molecular complexity index is 1290. The van der Waals surface area contributed by atoms with Gasteiger partial charge in [0, 0.05) is 31.6 Å². The SMILES string of the molecule is COc1nc(OCc2cccc(-c3ccccc3)c2C)ccc1CN(CCNC(C)=O)C(=O)OCOC(=O)I. The van der Waals surface area contributed by atoms with E-state index in [4.69, 9.17) is 14.2 Å². The van der Waals surface area contributed by atoms with Crippen molar-refractivity contribution in [2.75, 3.05) is 27.0 Å². The van der Waals surface area contributed by atoms with Crippen LogP contribution in [0.2, 0.25) is 0 Å². The first-order valence-corrected chi connectivity index (χ1v) is 13.2. The Kier molecular flexibility index (Phi) is 11.3. The van der Waals surface area contributed by atoms with E-state index in [-0.39, 0.29) is 31.4 Å². The number of nitrogens with zero attached hydrogens (tertiary/aromatic N) is 2. The zero-order chi connectivity index (χ0) is 28.2. The summed E-state index contributed by atoms with van der Waals surface area (Å²) in [6, 6.07) is 19.7. The van der Waals surface area contributed by atoms with Crippen molar-refractivity contribution < 1.29 is 33.3 Å². The van der Waals surface area contributed by atoms with Crippen molar-refractivity contribution in [1.82, 2.24) is 15.2 Å². The van der Waals surface area contributed by atoms with Crippen LogP contribution in [0.3, 0.4) is 0 Å². The summed E-state index contributed by atoms with van der Waals surface area (Å²) in [5, 5.41) is 2.64. The molecule has 0 spiro atoms. The maximum absolute atomic E-state index is 12.6. The van der Waals surface area contributed by atoms with Gasteiger partial charge in [0.25, 0.3) is 0 Å². The molecule has 3 aromatic rings. The summed E-state index contributed by atoms with van der Waals surface area (Å²) in [5.74, 6) is 0.409. The van der Waals surface area contributed by atoms with Crippen LogP contribution in [0.15, 0.2) is 60.7 Å². The molecule has 2 aromatic carbocycles. The molecule has 2 amide bonds. The summed E-state index contributed by atoms with van der Waals surface area (Å²) in [5.41, 5.74) is 5.01.